The maximum atomic E-state index is 13.1. The number of fused-ring (bicyclic) bond motifs is 8. The first-order valence-electron chi connectivity index (χ1n) is 8.45. The average molecular weight is 334 g/mol. The monoisotopic (exact) mass is 334 g/mol. The lowest BCUT2D eigenvalue weighted by molar-refractivity contribution is -0.118. The molecule has 2 aromatic carbocycles. The summed E-state index contributed by atoms with van der Waals surface area (Å²) in [7, 11) is 3.25. The van der Waals surface area contributed by atoms with Gasteiger partial charge in [-0.3, -0.25) is 4.79 Å². The van der Waals surface area contributed by atoms with Gasteiger partial charge in [-0.1, -0.05) is 36.4 Å². The Kier molecular flexibility index (Phi) is 3.06. The lowest BCUT2D eigenvalue weighted by Gasteiger charge is -2.23. The molecule has 2 heterocycles. The summed E-state index contributed by atoms with van der Waals surface area (Å²) in [6.07, 6.45) is 1.82. The molecule has 25 heavy (non-hydrogen) atoms. The van der Waals surface area contributed by atoms with Gasteiger partial charge in [0.25, 0.3) is 0 Å². The van der Waals surface area contributed by atoms with E-state index in [2.05, 4.69) is 6.08 Å². The molecule has 0 radical (unpaired) electrons. The molecule has 4 nitrogen and oxygen atoms in total. The molecule has 0 spiro atoms. The highest BCUT2D eigenvalue weighted by molar-refractivity contribution is 6.24. The van der Waals surface area contributed by atoms with Crippen LogP contribution in [0.5, 0.6) is 11.5 Å². The summed E-state index contributed by atoms with van der Waals surface area (Å²) < 4.78 is 17.0. The highest BCUT2D eigenvalue weighted by atomic mass is 16.5. The molecule has 4 atom stereocenters. The van der Waals surface area contributed by atoms with Crippen molar-refractivity contribution < 1.29 is 19.0 Å². The number of ketones is 1. The fraction of sp³-hybridized carbons (Fsp3) is 0.286. The van der Waals surface area contributed by atoms with Crippen LogP contribution in [0.4, 0.5) is 0 Å². The van der Waals surface area contributed by atoms with Crippen LogP contribution < -0.4 is 9.47 Å². The Labute approximate surface area is 146 Å². The smallest absolute Gasteiger partial charge is 0.169 e. The van der Waals surface area contributed by atoms with Crippen molar-refractivity contribution in [1.29, 1.82) is 0 Å². The van der Waals surface area contributed by atoms with Crippen LogP contribution in [0.25, 0.3) is 5.57 Å². The van der Waals surface area contributed by atoms with Gasteiger partial charge in [-0.2, -0.15) is 0 Å². The molecule has 0 saturated carbocycles. The van der Waals surface area contributed by atoms with Crippen molar-refractivity contribution in [1.82, 2.24) is 0 Å². The third kappa shape index (κ3) is 1.89. The van der Waals surface area contributed by atoms with Crippen LogP contribution in [-0.2, 0) is 9.53 Å². The van der Waals surface area contributed by atoms with E-state index in [1.165, 1.54) is 0 Å². The number of carbonyl (C=O) groups is 1. The first kappa shape index (κ1) is 14.7. The number of rotatable bonds is 3. The lowest BCUT2D eigenvalue weighted by Crippen LogP contribution is -2.23. The van der Waals surface area contributed by atoms with E-state index in [1.807, 2.05) is 42.5 Å². The van der Waals surface area contributed by atoms with Crippen LogP contribution in [-0.4, -0.2) is 20.0 Å². The quantitative estimate of drug-likeness (QED) is 0.858. The van der Waals surface area contributed by atoms with Gasteiger partial charge in [0.05, 0.1) is 32.3 Å². The molecule has 4 heteroatoms. The second-order valence-electron chi connectivity index (χ2n) is 6.73. The Bertz CT molecular complexity index is 900. The number of carbonyl (C=O) groups excluding carboxylic acids is 1. The van der Waals surface area contributed by atoms with Gasteiger partial charge >= 0.3 is 0 Å². The first-order chi connectivity index (χ1) is 12.2. The van der Waals surface area contributed by atoms with Crippen molar-refractivity contribution in [2.45, 2.75) is 12.2 Å². The maximum Gasteiger partial charge on any atom is 0.169 e. The molecule has 1 fully saturated rings. The minimum absolute atomic E-state index is 0.0880. The van der Waals surface area contributed by atoms with Crippen LogP contribution in [0.1, 0.15) is 28.9 Å². The van der Waals surface area contributed by atoms with Crippen molar-refractivity contribution in [2.75, 3.05) is 14.2 Å². The zero-order valence-corrected chi connectivity index (χ0v) is 14.1. The Morgan fingerprint density at radius 1 is 0.920 bits per heavy atom. The number of methoxy groups -OCH3 is 2. The summed E-state index contributed by atoms with van der Waals surface area (Å²) in [5.74, 6) is 1.52. The van der Waals surface area contributed by atoms with Crippen molar-refractivity contribution in [3.05, 3.63) is 65.2 Å². The zero-order chi connectivity index (χ0) is 17.1. The van der Waals surface area contributed by atoms with Gasteiger partial charge in [0, 0.05) is 11.5 Å². The predicted molar refractivity (Wildman–Crippen MR) is 92.5 cm³/mol. The summed E-state index contributed by atoms with van der Waals surface area (Å²) in [6, 6.07) is 13.8. The number of hydrogen-bond donors (Lipinski definition) is 0. The molecule has 3 aliphatic rings. The SMILES string of the molecule is COc1cc2c(cc1OC)[C@@H]1O[C@H]2[C@H]2C(=O)C(c3ccccc3)=C[C@H]21. The third-order valence-corrected chi connectivity index (χ3v) is 5.60. The van der Waals surface area contributed by atoms with E-state index in [9.17, 15) is 4.79 Å². The minimum atomic E-state index is -0.199. The Morgan fingerprint density at radius 3 is 2.20 bits per heavy atom. The minimum Gasteiger partial charge on any atom is -0.493 e. The van der Waals surface area contributed by atoms with Crippen LogP contribution >= 0.6 is 0 Å². The van der Waals surface area contributed by atoms with Gasteiger partial charge in [0.2, 0.25) is 0 Å². The highest BCUT2D eigenvalue weighted by Crippen LogP contribution is 2.62. The molecule has 2 bridgehead atoms. The number of benzene rings is 2. The van der Waals surface area contributed by atoms with Crippen molar-refractivity contribution in [2.24, 2.45) is 11.8 Å². The number of hydrogen-bond acceptors (Lipinski definition) is 4. The first-order valence-corrected chi connectivity index (χ1v) is 8.45. The highest BCUT2D eigenvalue weighted by Gasteiger charge is 2.57. The normalized spacial score (nSPS) is 28.6. The van der Waals surface area contributed by atoms with E-state index in [-0.39, 0.29) is 29.8 Å². The molecule has 2 aromatic rings. The third-order valence-electron chi connectivity index (χ3n) is 5.60. The lowest BCUT2D eigenvalue weighted by atomic mass is 9.77. The largest absolute Gasteiger partial charge is 0.493 e. The molecule has 0 unspecified atom stereocenters. The van der Waals surface area contributed by atoms with Crippen molar-refractivity contribution in [3.8, 4) is 11.5 Å². The van der Waals surface area contributed by atoms with E-state index in [0.717, 1.165) is 22.3 Å². The molecule has 126 valence electrons. The van der Waals surface area contributed by atoms with Crippen LogP contribution in [0.2, 0.25) is 0 Å². The molecular formula is C21H18O4. The Hall–Kier alpha value is -2.59. The van der Waals surface area contributed by atoms with Crippen LogP contribution in [0.15, 0.2) is 48.5 Å². The number of allylic oxidation sites excluding steroid dienone is 1. The molecule has 0 aromatic heterocycles. The van der Waals surface area contributed by atoms with E-state index >= 15 is 0 Å². The van der Waals surface area contributed by atoms with Crippen molar-refractivity contribution in [3.63, 3.8) is 0 Å². The second-order valence-corrected chi connectivity index (χ2v) is 6.73. The second kappa shape index (κ2) is 5.20. The summed E-state index contributed by atoms with van der Waals surface area (Å²) >= 11 is 0. The fourth-order valence-electron chi connectivity index (χ4n) is 4.49. The molecule has 5 rings (SSSR count). The standard InChI is InChI=1S/C21H18O4/c1-23-16-9-13-14(10-17(16)24-2)21-18-15(20(13)25-21)8-12(19(18)22)11-6-4-3-5-7-11/h3-10,15,18,20-21H,1-2H3/t15-,18-,20+,21-/m1/s1. The van der Waals surface area contributed by atoms with Gasteiger partial charge in [0.1, 0.15) is 0 Å². The predicted octanol–water partition coefficient (Wildman–Crippen LogP) is 3.73. The average Bonchev–Trinajstić information content (AvgIpc) is 3.31. The van der Waals surface area contributed by atoms with Crippen LogP contribution in [0, 0.1) is 11.8 Å². The molecule has 0 amide bonds. The molecule has 1 saturated heterocycles. The molecule has 1 aliphatic carbocycles. The van der Waals surface area contributed by atoms with Gasteiger partial charge in [0.15, 0.2) is 17.3 Å². The Morgan fingerprint density at radius 2 is 1.56 bits per heavy atom. The van der Waals surface area contributed by atoms with Gasteiger partial charge in [-0.25, -0.2) is 0 Å². The van der Waals surface area contributed by atoms with Gasteiger partial charge in [-0.15, -0.1) is 0 Å². The fourth-order valence-corrected chi connectivity index (χ4v) is 4.49. The van der Waals surface area contributed by atoms with E-state index in [4.69, 9.17) is 14.2 Å². The maximum absolute atomic E-state index is 13.1. The molecule has 2 aliphatic heterocycles. The summed E-state index contributed by atoms with van der Waals surface area (Å²) in [5.41, 5.74) is 3.98. The summed E-state index contributed by atoms with van der Waals surface area (Å²) in [6.45, 7) is 0. The van der Waals surface area contributed by atoms with Gasteiger partial charge < -0.3 is 14.2 Å². The zero-order valence-electron chi connectivity index (χ0n) is 14.1. The van der Waals surface area contributed by atoms with E-state index in [0.29, 0.717) is 11.5 Å². The number of Topliss-reactive ketones (excluding diaryl/α,β-unsaturated/α-hetero) is 1. The Balaban J connectivity index is 1.58. The van der Waals surface area contributed by atoms with Gasteiger partial charge in [-0.05, 0) is 28.8 Å². The molecular weight excluding hydrogens is 316 g/mol. The summed E-state index contributed by atoms with van der Waals surface area (Å²) in [4.78, 5) is 13.1. The van der Waals surface area contributed by atoms with Crippen LogP contribution in [0.3, 0.4) is 0 Å². The summed E-state index contributed by atoms with van der Waals surface area (Å²) in [5, 5.41) is 0. The van der Waals surface area contributed by atoms with E-state index in [1.54, 1.807) is 14.2 Å². The van der Waals surface area contributed by atoms with E-state index < -0.39 is 0 Å². The topological polar surface area (TPSA) is 44.8 Å². The van der Waals surface area contributed by atoms with Crippen molar-refractivity contribution >= 4 is 11.4 Å². The molecule has 0 N–H and O–H groups in total. The number of ether oxygens (including phenoxy) is 3.